The molecule has 15 nitrogen and oxygen atoms in total. The van der Waals surface area contributed by atoms with Gasteiger partial charge in [-0.1, -0.05) is 48.5 Å². The first kappa shape index (κ1) is 37.2. The molecule has 0 aliphatic rings. The van der Waals surface area contributed by atoms with Gasteiger partial charge in [-0.2, -0.15) is 16.8 Å². The molecule has 6 aromatic rings. The summed E-state index contributed by atoms with van der Waals surface area (Å²) in [4.78, 5) is 38.0. The first-order valence-corrected chi connectivity index (χ1v) is 18.7. The number of nitrogens with one attached hydrogen (secondary N) is 4. The maximum atomic E-state index is 13.2. The molecule has 6 aromatic carbocycles. The lowest BCUT2D eigenvalue weighted by atomic mass is 10.1. The number of amides is 4. The summed E-state index contributed by atoms with van der Waals surface area (Å²) in [5, 5.41) is 31.9. The number of anilines is 4. The molecule has 0 saturated carbocycles. The summed E-state index contributed by atoms with van der Waals surface area (Å²) in [5.74, 6) is -2.79. The van der Waals surface area contributed by atoms with Gasteiger partial charge in [-0.15, -0.1) is 0 Å². The van der Waals surface area contributed by atoms with Crippen molar-refractivity contribution in [3.05, 3.63) is 119 Å². The average molecular weight is 771 g/mol. The lowest BCUT2D eigenvalue weighted by molar-refractivity contribution is 0.101. The first-order valence-electron chi connectivity index (χ1n) is 15.8. The van der Waals surface area contributed by atoms with Crippen LogP contribution >= 0.6 is 0 Å². The number of carbonyl (C=O) groups excluding carboxylic acids is 3. The number of aromatic hydroxyl groups is 2. The number of rotatable bonds is 8. The normalized spacial score (nSPS) is 11.6. The molecule has 0 aromatic heterocycles. The van der Waals surface area contributed by atoms with Crippen LogP contribution in [0.2, 0.25) is 0 Å². The number of phenolic OH excluding ortho intramolecular Hbond substituents is 2. The van der Waals surface area contributed by atoms with Gasteiger partial charge in [0.15, 0.2) is 0 Å². The van der Waals surface area contributed by atoms with E-state index in [1.165, 1.54) is 84.9 Å². The van der Waals surface area contributed by atoms with Crippen molar-refractivity contribution in [2.24, 2.45) is 0 Å². The van der Waals surface area contributed by atoms with E-state index in [2.05, 4.69) is 21.3 Å². The fraction of sp³-hybridized carbons (Fsp3) is 0.0541. The molecule has 4 amide bonds. The first-order chi connectivity index (χ1) is 25.4. The number of benzene rings is 6. The van der Waals surface area contributed by atoms with Crippen LogP contribution < -0.4 is 21.3 Å². The number of urea groups is 1. The second-order valence-electron chi connectivity index (χ2n) is 12.1. The lowest BCUT2D eigenvalue weighted by Gasteiger charge is -2.16. The molecule has 276 valence electrons. The van der Waals surface area contributed by atoms with Gasteiger partial charge in [-0.05, 0) is 84.3 Å². The quantitative estimate of drug-likeness (QED) is 0.0600. The predicted octanol–water partition coefficient (Wildman–Crippen LogP) is 6.66. The van der Waals surface area contributed by atoms with Crippen molar-refractivity contribution < 1.29 is 50.5 Å². The summed E-state index contributed by atoms with van der Waals surface area (Å²) in [5.41, 5.74) is 0.531. The highest BCUT2D eigenvalue weighted by atomic mass is 32.2. The fourth-order valence-electron chi connectivity index (χ4n) is 5.92. The third-order valence-corrected chi connectivity index (χ3v) is 10.3. The van der Waals surface area contributed by atoms with Crippen molar-refractivity contribution in [3.63, 3.8) is 0 Å². The van der Waals surface area contributed by atoms with E-state index in [-0.39, 0.29) is 21.9 Å². The van der Waals surface area contributed by atoms with Gasteiger partial charge in [-0.25, -0.2) is 4.79 Å². The Labute approximate surface area is 307 Å². The van der Waals surface area contributed by atoms with Crippen LogP contribution in [-0.4, -0.2) is 54.0 Å². The van der Waals surface area contributed by atoms with E-state index in [1.54, 1.807) is 26.0 Å². The van der Waals surface area contributed by atoms with Gasteiger partial charge in [0.1, 0.15) is 32.7 Å². The minimum absolute atomic E-state index is 0.0396. The van der Waals surface area contributed by atoms with Crippen LogP contribution in [0.5, 0.6) is 11.5 Å². The molecule has 0 fully saturated rings. The van der Waals surface area contributed by atoms with Gasteiger partial charge in [0, 0.05) is 33.3 Å². The molecule has 0 bridgehead atoms. The van der Waals surface area contributed by atoms with E-state index in [0.29, 0.717) is 33.3 Å². The van der Waals surface area contributed by atoms with Crippen molar-refractivity contribution in [2.75, 3.05) is 21.3 Å². The van der Waals surface area contributed by atoms with Crippen LogP contribution in [0.25, 0.3) is 21.5 Å². The lowest BCUT2D eigenvalue weighted by Crippen LogP contribution is -2.21. The van der Waals surface area contributed by atoms with Crippen LogP contribution in [0, 0.1) is 13.8 Å². The molecule has 8 N–H and O–H groups in total. The molecule has 0 aliphatic carbocycles. The van der Waals surface area contributed by atoms with E-state index in [4.69, 9.17) is 0 Å². The molecule has 0 heterocycles. The number of hydrogen-bond acceptors (Lipinski definition) is 9. The number of carbonyl (C=O) groups is 3. The molecule has 0 saturated heterocycles. The third-order valence-electron chi connectivity index (χ3n) is 8.43. The van der Waals surface area contributed by atoms with Gasteiger partial charge in [-0.3, -0.25) is 18.7 Å². The molecule has 0 aliphatic heterocycles. The minimum atomic E-state index is -4.89. The molecule has 0 spiro atoms. The third kappa shape index (κ3) is 7.50. The zero-order chi connectivity index (χ0) is 39.1. The van der Waals surface area contributed by atoms with Crippen molar-refractivity contribution in [1.82, 2.24) is 0 Å². The maximum absolute atomic E-state index is 13.2. The van der Waals surface area contributed by atoms with Gasteiger partial charge in [0.25, 0.3) is 32.1 Å². The second kappa shape index (κ2) is 14.1. The molecule has 54 heavy (non-hydrogen) atoms. The van der Waals surface area contributed by atoms with Crippen molar-refractivity contribution in [3.8, 4) is 11.5 Å². The average Bonchev–Trinajstić information content (AvgIpc) is 3.09. The van der Waals surface area contributed by atoms with E-state index >= 15 is 0 Å². The topological polar surface area (TPSA) is 249 Å². The largest absolute Gasteiger partial charge is 0.506 e. The zero-order valence-corrected chi connectivity index (χ0v) is 29.8. The van der Waals surface area contributed by atoms with Crippen LogP contribution in [0.3, 0.4) is 0 Å². The van der Waals surface area contributed by atoms with Crippen LogP contribution in [0.1, 0.15) is 31.8 Å². The Morgan fingerprint density at radius 2 is 0.889 bits per heavy atom. The van der Waals surface area contributed by atoms with E-state index in [0.717, 1.165) is 0 Å². The smallest absolute Gasteiger partial charge is 0.323 e. The number of fused-ring (bicyclic) bond motifs is 2. The van der Waals surface area contributed by atoms with E-state index in [9.17, 15) is 50.5 Å². The minimum Gasteiger partial charge on any atom is -0.506 e. The molecular weight excluding hydrogens is 741 g/mol. The van der Waals surface area contributed by atoms with E-state index in [1.807, 2.05) is 0 Å². The summed E-state index contributed by atoms with van der Waals surface area (Å²) in [6.45, 7) is 3.20. The molecular formula is C37H30N4O11S2. The Kier molecular flexibility index (Phi) is 9.74. The SMILES string of the molecule is Cc1cc(C(=O)Nc2c(O)cc3ccccc3c2S(=O)(=O)O)ccc1NC(=O)Nc1ccc(C(=O)Nc2c(O)cc3ccccc3c2S(=O)(=O)O)cc1C. The van der Waals surface area contributed by atoms with Crippen LogP contribution in [-0.2, 0) is 20.2 Å². The number of aryl methyl sites for hydroxylation is 2. The summed E-state index contributed by atoms with van der Waals surface area (Å²) >= 11 is 0. The van der Waals surface area contributed by atoms with E-state index < -0.39 is 70.7 Å². The van der Waals surface area contributed by atoms with Crippen LogP contribution in [0.4, 0.5) is 27.5 Å². The highest BCUT2D eigenvalue weighted by molar-refractivity contribution is 7.86. The Hall–Kier alpha value is -6.53. The molecule has 6 rings (SSSR count). The van der Waals surface area contributed by atoms with Gasteiger partial charge in [0.05, 0.1) is 0 Å². The monoisotopic (exact) mass is 770 g/mol. The summed E-state index contributed by atoms with van der Waals surface area (Å²) < 4.78 is 69.0. The fourth-order valence-corrected chi connectivity index (χ4v) is 7.67. The summed E-state index contributed by atoms with van der Waals surface area (Å²) in [7, 11) is -9.78. The second-order valence-corrected chi connectivity index (χ2v) is 14.9. The molecule has 0 atom stereocenters. The Morgan fingerprint density at radius 3 is 1.24 bits per heavy atom. The molecule has 0 unspecified atom stereocenters. The summed E-state index contributed by atoms with van der Waals surface area (Å²) in [6.07, 6.45) is 0. The molecule has 0 radical (unpaired) electrons. The highest BCUT2D eigenvalue weighted by Gasteiger charge is 2.26. The number of hydrogen-bond donors (Lipinski definition) is 8. The highest BCUT2D eigenvalue weighted by Crippen LogP contribution is 2.39. The zero-order valence-electron chi connectivity index (χ0n) is 28.2. The Bertz CT molecular complexity index is 2600. The maximum Gasteiger partial charge on any atom is 0.323 e. The standard InChI is InChI=1S/C37H30N4O11S2/c1-19-15-23(35(44)40-31-29(42)17-21-7-3-5-9-25(21)33(31)53(47,48)49)11-13-27(19)38-37(46)39-28-14-12-24(16-20(28)2)36(45)41-32-30(43)18-22-8-4-6-10-26(22)34(32)54(50,51)52/h3-18,42-43H,1-2H3,(H,40,44)(H,41,45)(H2,38,39,46)(H,47,48,49)(H,50,51,52). The van der Waals surface area contributed by atoms with Gasteiger partial charge in [0.2, 0.25) is 0 Å². The van der Waals surface area contributed by atoms with Crippen molar-refractivity contribution in [2.45, 2.75) is 23.6 Å². The van der Waals surface area contributed by atoms with Crippen LogP contribution in [0.15, 0.2) is 107 Å². The van der Waals surface area contributed by atoms with Crippen molar-refractivity contribution in [1.29, 1.82) is 0 Å². The molecule has 17 heteroatoms. The van der Waals surface area contributed by atoms with Crippen molar-refractivity contribution >= 4 is 82.4 Å². The number of phenols is 2. The van der Waals surface area contributed by atoms with Gasteiger partial charge < -0.3 is 31.5 Å². The summed E-state index contributed by atoms with van der Waals surface area (Å²) in [6, 6.07) is 22.4. The predicted molar refractivity (Wildman–Crippen MR) is 202 cm³/mol. The Balaban J connectivity index is 1.15. The van der Waals surface area contributed by atoms with Gasteiger partial charge >= 0.3 is 6.03 Å². The Morgan fingerprint density at radius 1 is 0.519 bits per heavy atom.